The lowest BCUT2D eigenvalue weighted by Crippen LogP contribution is -2.37. The van der Waals surface area contributed by atoms with Gasteiger partial charge in [-0.3, -0.25) is 0 Å². The monoisotopic (exact) mass is 229 g/mol. The van der Waals surface area contributed by atoms with Gasteiger partial charge in [-0.05, 0) is 40.5 Å². The molecule has 1 saturated heterocycles. The molecular formula is C12H23NO3. The van der Waals surface area contributed by atoms with E-state index in [1.165, 1.54) is 0 Å². The second-order valence-electron chi connectivity index (χ2n) is 5.16. The third-order valence-electron chi connectivity index (χ3n) is 2.39. The summed E-state index contributed by atoms with van der Waals surface area (Å²) in [6.07, 6.45) is 2.25. The first-order valence-corrected chi connectivity index (χ1v) is 6.02. The molecule has 1 aliphatic heterocycles. The fourth-order valence-corrected chi connectivity index (χ4v) is 1.45. The van der Waals surface area contributed by atoms with Crippen molar-refractivity contribution in [3.05, 3.63) is 0 Å². The molecule has 1 amide bonds. The van der Waals surface area contributed by atoms with E-state index in [1.54, 1.807) is 4.90 Å². The lowest BCUT2D eigenvalue weighted by molar-refractivity contribution is 0.0256. The van der Waals surface area contributed by atoms with Gasteiger partial charge in [-0.25, -0.2) is 4.79 Å². The summed E-state index contributed by atoms with van der Waals surface area (Å²) in [5.74, 6) is 0. The van der Waals surface area contributed by atoms with Gasteiger partial charge in [0.25, 0.3) is 0 Å². The highest BCUT2D eigenvalue weighted by molar-refractivity contribution is 5.68. The molecule has 0 saturated carbocycles. The molecule has 0 spiro atoms. The molecule has 0 aromatic carbocycles. The smallest absolute Gasteiger partial charge is 0.410 e. The molecule has 0 aromatic heterocycles. The molecular weight excluding hydrogens is 206 g/mol. The van der Waals surface area contributed by atoms with Crippen molar-refractivity contribution < 1.29 is 14.3 Å². The van der Waals surface area contributed by atoms with Gasteiger partial charge in [0.15, 0.2) is 0 Å². The summed E-state index contributed by atoms with van der Waals surface area (Å²) in [4.78, 5) is 13.5. The molecule has 16 heavy (non-hydrogen) atoms. The minimum Gasteiger partial charge on any atom is -0.444 e. The van der Waals surface area contributed by atoms with Gasteiger partial charge in [0.05, 0.1) is 12.7 Å². The van der Waals surface area contributed by atoms with Crippen molar-refractivity contribution in [1.29, 1.82) is 0 Å². The Labute approximate surface area is 97.9 Å². The van der Waals surface area contributed by atoms with Crippen LogP contribution in [0, 0.1) is 0 Å². The average Bonchev–Trinajstić information content (AvgIpc) is 2.92. The number of ether oxygens (including phenoxy) is 2. The standard InChI is InChI=1S/C12H23NO3/c1-5-13(8-6-7-10-9-15-10)11(14)16-12(2,3)4/h10H,5-9H2,1-4H3. The van der Waals surface area contributed by atoms with Crippen LogP contribution in [0.4, 0.5) is 4.79 Å². The van der Waals surface area contributed by atoms with Crippen LogP contribution < -0.4 is 0 Å². The molecule has 1 atom stereocenters. The highest BCUT2D eigenvalue weighted by Crippen LogP contribution is 2.16. The van der Waals surface area contributed by atoms with Crippen LogP contribution in [0.3, 0.4) is 0 Å². The Morgan fingerprint density at radius 1 is 1.50 bits per heavy atom. The molecule has 1 fully saturated rings. The molecule has 0 N–H and O–H groups in total. The Hall–Kier alpha value is -0.770. The zero-order valence-electron chi connectivity index (χ0n) is 10.8. The fourth-order valence-electron chi connectivity index (χ4n) is 1.45. The molecule has 4 nitrogen and oxygen atoms in total. The van der Waals surface area contributed by atoms with Crippen molar-refractivity contribution in [2.45, 2.75) is 52.2 Å². The maximum atomic E-state index is 11.8. The Balaban J connectivity index is 2.24. The van der Waals surface area contributed by atoms with Gasteiger partial charge in [-0.15, -0.1) is 0 Å². The van der Waals surface area contributed by atoms with E-state index in [4.69, 9.17) is 9.47 Å². The predicted molar refractivity (Wildman–Crippen MR) is 62.5 cm³/mol. The summed E-state index contributed by atoms with van der Waals surface area (Å²) in [6, 6.07) is 0. The first-order valence-electron chi connectivity index (χ1n) is 6.02. The van der Waals surface area contributed by atoms with E-state index in [1.807, 2.05) is 27.7 Å². The maximum absolute atomic E-state index is 11.8. The summed E-state index contributed by atoms with van der Waals surface area (Å²) in [5, 5.41) is 0. The topological polar surface area (TPSA) is 42.1 Å². The zero-order chi connectivity index (χ0) is 12.2. The summed E-state index contributed by atoms with van der Waals surface area (Å²) in [7, 11) is 0. The third-order valence-corrected chi connectivity index (χ3v) is 2.39. The number of amides is 1. The van der Waals surface area contributed by atoms with Crippen LogP contribution in [0.25, 0.3) is 0 Å². The van der Waals surface area contributed by atoms with Gasteiger partial charge in [0.2, 0.25) is 0 Å². The van der Waals surface area contributed by atoms with Crippen LogP contribution in [0.1, 0.15) is 40.5 Å². The molecule has 1 heterocycles. The van der Waals surface area contributed by atoms with Crippen LogP contribution in [0.5, 0.6) is 0 Å². The Kier molecular flexibility index (Phi) is 4.59. The van der Waals surface area contributed by atoms with Crippen LogP contribution in [0.15, 0.2) is 0 Å². The number of carbonyl (C=O) groups is 1. The van der Waals surface area contributed by atoms with Gasteiger partial charge >= 0.3 is 6.09 Å². The van der Waals surface area contributed by atoms with Gasteiger partial charge in [0, 0.05) is 13.1 Å². The first-order chi connectivity index (χ1) is 7.42. The van der Waals surface area contributed by atoms with Crippen LogP contribution in [-0.4, -0.2) is 42.4 Å². The van der Waals surface area contributed by atoms with Crippen molar-refractivity contribution in [3.8, 4) is 0 Å². The molecule has 0 aliphatic carbocycles. The van der Waals surface area contributed by atoms with Crippen molar-refractivity contribution in [2.24, 2.45) is 0 Å². The normalized spacial score (nSPS) is 19.4. The van der Waals surface area contributed by atoms with E-state index < -0.39 is 5.60 Å². The van der Waals surface area contributed by atoms with E-state index in [-0.39, 0.29) is 6.09 Å². The lowest BCUT2D eigenvalue weighted by Gasteiger charge is -2.26. The van der Waals surface area contributed by atoms with Crippen LogP contribution >= 0.6 is 0 Å². The lowest BCUT2D eigenvalue weighted by atomic mass is 10.2. The Morgan fingerprint density at radius 2 is 2.12 bits per heavy atom. The molecule has 1 aliphatic rings. The number of epoxide rings is 1. The minimum absolute atomic E-state index is 0.216. The Bertz CT molecular complexity index is 231. The second kappa shape index (κ2) is 5.53. The van der Waals surface area contributed by atoms with Gasteiger partial charge in [-0.2, -0.15) is 0 Å². The molecule has 1 rings (SSSR count). The Morgan fingerprint density at radius 3 is 2.56 bits per heavy atom. The molecule has 0 radical (unpaired) electrons. The third kappa shape index (κ3) is 5.35. The van der Waals surface area contributed by atoms with Crippen molar-refractivity contribution >= 4 is 6.09 Å². The number of nitrogens with zero attached hydrogens (tertiary/aromatic N) is 1. The molecule has 4 heteroatoms. The first kappa shape index (κ1) is 13.3. The van der Waals surface area contributed by atoms with E-state index in [0.717, 1.165) is 26.0 Å². The number of rotatable bonds is 5. The summed E-state index contributed by atoms with van der Waals surface area (Å²) < 4.78 is 10.4. The minimum atomic E-state index is -0.413. The fraction of sp³-hybridized carbons (Fsp3) is 0.917. The summed E-state index contributed by atoms with van der Waals surface area (Å²) >= 11 is 0. The largest absolute Gasteiger partial charge is 0.444 e. The second-order valence-corrected chi connectivity index (χ2v) is 5.16. The van der Waals surface area contributed by atoms with Gasteiger partial charge in [-0.1, -0.05) is 0 Å². The SMILES string of the molecule is CCN(CCCC1CO1)C(=O)OC(C)(C)C. The van der Waals surface area contributed by atoms with E-state index in [2.05, 4.69) is 0 Å². The average molecular weight is 229 g/mol. The van der Waals surface area contributed by atoms with E-state index in [0.29, 0.717) is 12.6 Å². The summed E-state index contributed by atoms with van der Waals surface area (Å²) in [5.41, 5.74) is -0.413. The van der Waals surface area contributed by atoms with Crippen molar-refractivity contribution in [1.82, 2.24) is 4.90 Å². The predicted octanol–water partition coefficient (Wildman–Crippen LogP) is 2.42. The number of hydrogen-bond donors (Lipinski definition) is 0. The molecule has 0 aromatic rings. The molecule has 1 unspecified atom stereocenters. The van der Waals surface area contributed by atoms with Gasteiger partial charge < -0.3 is 14.4 Å². The van der Waals surface area contributed by atoms with Crippen molar-refractivity contribution in [2.75, 3.05) is 19.7 Å². The molecule has 94 valence electrons. The van der Waals surface area contributed by atoms with Crippen LogP contribution in [-0.2, 0) is 9.47 Å². The van der Waals surface area contributed by atoms with E-state index in [9.17, 15) is 4.79 Å². The highest BCUT2D eigenvalue weighted by Gasteiger charge is 2.24. The van der Waals surface area contributed by atoms with E-state index >= 15 is 0 Å². The quantitative estimate of drug-likeness (QED) is 0.680. The van der Waals surface area contributed by atoms with Crippen LogP contribution in [0.2, 0.25) is 0 Å². The van der Waals surface area contributed by atoms with Gasteiger partial charge in [0.1, 0.15) is 5.60 Å². The number of hydrogen-bond acceptors (Lipinski definition) is 3. The molecule has 0 bridgehead atoms. The maximum Gasteiger partial charge on any atom is 0.410 e. The number of carbonyl (C=O) groups excluding carboxylic acids is 1. The van der Waals surface area contributed by atoms with Crippen molar-refractivity contribution in [3.63, 3.8) is 0 Å². The zero-order valence-corrected chi connectivity index (χ0v) is 10.8. The highest BCUT2D eigenvalue weighted by atomic mass is 16.6. The summed E-state index contributed by atoms with van der Waals surface area (Å²) in [6.45, 7) is 9.96.